The second kappa shape index (κ2) is 18.1. The summed E-state index contributed by atoms with van der Waals surface area (Å²) in [5, 5.41) is 10.2. The fraction of sp³-hybridized carbons (Fsp3) is 0.938. The molecule has 0 saturated heterocycles. The Labute approximate surface area is 132 Å². The van der Waals surface area contributed by atoms with Crippen molar-refractivity contribution in [3.63, 3.8) is 0 Å². The molecule has 0 aromatic heterocycles. The molecule has 0 amide bonds. The summed E-state index contributed by atoms with van der Waals surface area (Å²) in [4.78, 5) is 10.2. The first-order chi connectivity index (χ1) is 8.77. The Morgan fingerprint density at radius 2 is 1.00 bits per heavy atom. The van der Waals surface area contributed by atoms with E-state index < -0.39 is 5.97 Å². The average molecular weight is 321 g/mol. The standard InChI is InChI=1S/C16H32O2.Zn/c1-2-3-4-5-6-7-8-9-10-11-12-13-14-15-16(17)18;/h2-15H2,1H3,(H,17,18);/p-1. The summed E-state index contributed by atoms with van der Waals surface area (Å²) >= 11 is 0. The van der Waals surface area contributed by atoms with Crippen molar-refractivity contribution in [2.24, 2.45) is 0 Å². The summed E-state index contributed by atoms with van der Waals surface area (Å²) < 4.78 is 0. The third-order valence-corrected chi connectivity index (χ3v) is 3.48. The van der Waals surface area contributed by atoms with Crippen LogP contribution in [0.3, 0.4) is 0 Å². The summed E-state index contributed by atoms with van der Waals surface area (Å²) in [6.45, 7) is 2.26. The minimum absolute atomic E-state index is 0. The molecule has 0 fully saturated rings. The van der Waals surface area contributed by atoms with Gasteiger partial charge in [-0.15, -0.1) is 0 Å². The van der Waals surface area contributed by atoms with Crippen LogP contribution in [0.4, 0.5) is 0 Å². The van der Waals surface area contributed by atoms with E-state index in [1.807, 2.05) is 0 Å². The maximum Gasteiger partial charge on any atom is 0.0414 e. The second-order valence-electron chi connectivity index (χ2n) is 5.36. The molecule has 0 aliphatic rings. The van der Waals surface area contributed by atoms with Crippen molar-refractivity contribution in [2.45, 2.75) is 96.8 Å². The fourth-order valence-electron chi connectivity index (χ4n) is 2.29. The van der Waals surface area contributed by atoms with E-state index in [4.69, 9.17) is 0 Å². The van der Waals surface area contributed by atoms with Crippen LogP contribution in [0.5, 0.6) is 0 Å². The Kier molecular flexibility index (Phi) is 20.4. The van der Waals surface area contributed by atoms with Gasteiger partial charge in [0.25, 0.3) is 0 Å². The zero-order valence-corrected chi connectivity index (χ0v) is 15.9. The molecule has 0 bridgehead atoms. The number of aliphatic carboxylic acids is 1. The van der Waals surface area contributed by atoms with E-state index in [2.05, 4.69) is 6.92 Å². The van der Waals surface area contributed by atoms with Crippen molar-refractivity contribution < 1.29 is 29.4 Å². The normalized spacial score (nSPS) is 10.2. The monoisotopic (exact) mass is 319 g/mol. The zero-order valence-electron chi connectivity index (χ0n) is 12.9. The molecule has 0 rings (SSSR count). The van der Waals surface area contributed by atoms with E-state index in [-0.39, 0.29) is 25.9 Å². The topological polar surface area (TPSA) is 40.1 Å². The summed E-state index contributed by atoms with van der Waals surface area (Å²) in [6.07, 6.45) is 16.9. The van der Waals surface area contributed by atoms with Crippen molar-refractivity contribution in [3.05, 3.63) is 0 Å². The summed E-state index contributed by atoms with van der Waals surface area (Å²) in [5.74, 6) is -0.905. The molecular weight excluding hydrogens is 290 g/mol. The van der Waals surface area contributed by atoms with Gasteiger partial charge >= 0.3 is 0 Å². The molecule has 0 aromatic rings. The first-order valence-electron chi connectivity index (χ1n) is 7.97. The van der Waals surface area contributed by atoms with Crippen LogP contribution in [0.25, 0.3) is 0 Å². The van der Waals surface area contributed by atoms with Crippen molar-refractivity contribution >= 4 is 5.97 Å². The molecule has 0 unspecified atom stereocenters. The minimum atomic E-state index is -0.905. The summed E-state index contributed by atoms with van der Waals surface area (Å²) in [5.41, 5.74) is 0. The van der Waals surface area contributed by atoms with E-state index in [1.54, 1.807) is 0 Å². The average Bonchev–Trinajstić information content (AvgIpc) is 2.34. The van der Waals surface area contributed by atoms with Gasteiger partial charge in [-0.25, -0.2) is 0 Å². The summed E-state index contributed by atoms with van der Waals surface area (Å²) in [7, 11) is 0. The van der Waals surface area contributed by atoms with E-state index in [1.165, 1.54) is 70.6 Å². The molecule has 19 heavy (non-hydrogen) atoms. The molecule has 0 N–H and O–H groups in total. The van der Waals surface area contributed by atoms with Gasteiger partial charge in [-0.2, -0.15) is 0 Å². The van der Waals surface area contributed by atoms with Crippen LogP contribution in [0.1, 0.15) is 96.8 Å². The quantitative estimate of drug-likeness (QED) is 0.355. The third kappa shape index (κ3) is 20.6. The van der Waals surface area contributed by atoms with Crippen LogP contribution in [0.15, 0.2) is 0 Å². The SMILES string of the molecule is CCCCCCCCCCCCCCCC(=O)[O-].[Zn]. The second-order valence-corrected chi connectivity index (χ2v) is 5.36. The van der Waals surface area contributed by atoms with E-state index in [0.29, 0.717) is 0 Å². The van der Waals surface area contributed by atoms with Crippen LogP contribution in [0, 0.1) is 0 Å². The number of rotatable bonds is 14. The predicted octanol–water partition coefficient (Wildman–Crippen LogP) is 4.22. The van der Waals surface area contributed by atoms with Crippen LogP contribution in [-0.4, -0.2) is 5.97 Å². The van der Waals surface area contributed by atoms with E-state index in [9.17, 15) is 9.90 Å². The van der Waals surface area contributed by atoms with Crippen molar-refractivity contribution in [1.82, 2.24) is 0 Å². The number of hydrogen-bond acceptors (Lipinski definition) is 2. The molecule has 110 valence electrons. The van der Waals surface area contributed by atoms with Gasteiger partial charge in [0.15, 0.2) is 0 Å². The van der Waals surface area contributed by atoms with Crippen LogP contribution < -0.4 is 5.11 Å². The Balaban J connectivity index is 0. The number of unbranched alkanes of at least 4 members (excludes halogenated alkanes) is 12. The van der Waals surface area contributed by atoms with Gasteiger partial charge in [-0.1, -0.05) is 84.0 Å². The van der Waals surface area contributed by atoms with Crippen LogP contribution in [0.2, 0.25) is 0 Å². The molecule has 0 aliphatic heterocycles. The molecular formula is C16H31O2Zn-. The molecule has 0 saturated carbocycles. The first-order valence-corrected chi connectivity index (χ1v) is 7.97. The zero-order chi connectivity index (χ0) is 13.5. The number of carbonyl (C=O) groups excluding carboxylic acids is 1. The van der Waals surface area contributed by atoms with Crippen molar-refractivity contribution in [2.75, 3.05) is 0 Å². The smallest absolute Gasteiger partial charge is 0.0414 e. The number of hydrogen-bond donors (Lipinski definition) is 0. The molecule has 0 spiro atoms. The Bertz CT molecular complexity index is 184. The maximum absolute atomic E-state index is 10.2. The van der Waals surface area contributed by atoms with Crippen molar-refractivity contribution in [1.29, 1.82) is 0 Å². The fourth-order valence-corrected chi connectivity index (χ4v) is 2.29. The molecule has 0 heterocycles. The van der Waals surface area contributed by atoms with Crippen molar-refractivity contribution in [3.8, 4) is 0 Å². The van der Waals surface area contributed by atoms with Gasteiger partial charge in [-0.3, -0.25) is 0 Å². The van der Waals surface area contributed by atoms with Gasteiger partial charge in [0, 0.05) is 25.4 Å². The molecule has 0 atom stereocenters. The molecule has 2 nitrogen and oxygen atoms in total. The van der Waals surface area contributed by atoms with Gasteiger partial charge in [0.2, 0.25) is 0 Å². The Morgan fingerprint density at radius 1 is 0.684 bits per heavy atom. The van der Waals surface area contributed by atoms with Gasteiger partial charge in [0.1, 0.15) is 0 Å². The Morgan fingerprint density at radius 3 is 1.32 bits per heavy atom. The third-order valence-electron chi connectivity index (χ3n) is 3.48. The number of carboxylic acids is 1. The molecule has 3 heteroatoms. The Hall–Kier alpha value is 0.0934. The van der Waals surface area contributed by atoms with Crippen LogP contribution >= 0.6 is 0 Å². The molecule has 0 radical (unpaired) electrons. The van der Waals surface area contributed by atoms with Gasteiger partial charge in [0.05, 0.1) is 0 Å². The minimum Gasteiger partial charge on any atom is -0.550 e. The van der Waals surface area contributed by atoms with Crippen LogP contribution in [-0.2, 0) is 24.3 Å². The predicted molar refractivity (Wildman–Crippen MR) is 75.3 cm³/mol. The largest absolute Gasteiger partial charge is 0.550 e. The van der Waals surface area contributed by atoms with Gasteiger partial charge in [-0.05, 0) is 12.8 Å². The summed E-state index contributed by atoms with van der Waals surface area (Å²) in [6, 6.07) is 0. The number of carbonyl (C=O) groups is 1. The maximum atomic E-state index is 10.2. The molecule has 0 aromatic carbocycles. The van der Waals surface area contributed by atoms with E-state index >= 15 is 0 Å². The van der Waals surface area contributed by atoms with E-state index in [0.717, 1.165) is 12.8 Å². The number of carboxylic acid groups (broad SMARTS) is 1. The molecule has 0 aliphatic carbocycles. The first kappa shape index (κ1) is 21.4. The van der Waals surface area contributed by atoms with Gasteiger partial charge < -0.3 is 9.90 Å².